The molecule has 0 atom stereocenters. The van der Waals surface area contributed by atoms with Gasteiger partial charge in [-0.15, -0.1) is 0 Å². The number of halogens is 1. The number of H-pyrrole nitrogens is 2. The van der Waals surface area contributed by atoms with Gasteiger partial charge in [0.15, 0.2) is 0 Å². The SMILES string of the molecule is CN(Cc1nc2ccc(F)cc2[nH]1)C(=O)CCCc1cn[nH]c1. The molecule has 0 bridgehead atoms. The summed E-state index contributed by atoms with van der Waals surface area (Å²) in [5.74, 6) is 0.396. The minimum Gasteiger partial charge on any atom is -0.340 e. The smallest absolute Gasteiger partial charge is 0.222 e. The Morgan fingerprint density at radius 1 is 1.39 bits per heavy atom. The van der Waals surface area contributed by atoms with Crippen LogP contribution in [0.4, 0.5) is 4.39 Å². The molecule has 0 spiro atoms. The topological polar surface area (TPSA) is 77.7 Å². The average molecular weight is 315 g/mol. The summed E-state index contributed by atoms with van der Waals surface area (Å²) in [6.45, 7) is 0.376. The molecule has 0 aliphatic heterocycles. The molecule has 1 aromatic carbocycles. The number of fused-ring (bicyclic) bond motifs is 1. The van der Waals surface area contributed by atoms with Gasteiger partial charge < -0.3 is 9.88 Å². The van der Waals surface area contributed by atoms with Gasteiger partial charge in [0.1, 0.15) is 11.6 Å². The first-order valence-corrected chi connectivity index (χ1v) is 7.47. The average Bonchev–Trinajstić information content (AvgIpc) is 3.15. The van der Waals surface area contributed by atoms with Crippen LogP contribution in [0.25, 0.3) is 11.0 Å². The number of nitrogens with one attached hydrogen (secondary N) is 2. The van der Waals surface area contributed by atoms with Crippen molar-refractivity contribution in [2.24, 2.45) is 0 Å². The lowest BCUT2D eigenvalue weighted by molar-refractivity contribution is -0.130. The van der Waals surface area contributed by atoms with E-state index in [-0.39, 0.29) is 11.7 Å². The minimum atomic E-state index is -0.309. The quantitative estimate of drug-likeness (QED) is 0.733. The molecule has 0 aliphatic rings. The molecule has 0 fully saturated rings. The number of carbonyl (C=O) groups is 1. The normalized spacial score (nSPS) is 11.0. The molecule has 23 heavy (non-hydrogen) atoms. The van der Waals surface area contributed by atoms with Crippen LogP contribution in [0.1, 0.15) is 24.2 Å². The molecule has 0 saturated carbocycles. The van der Waals surface area contributed by atoms with E-state index in [4.69, 9.17) is 0 Å². The molecule has 3 rings (SSSR count). The number of amides is 1. The maximum Gasteiger partial charge on any atom is 0.222 e. The summed E-state index contributed by atoms with van der Waals surface area (Å²) in [5, 5.41) is 6.63. The molecular weight excluding hydrogens is 297 g/mol. The second-order valence-corrected chi connectivity index (χ2v) is 5.55. The van der Waals surface area contributed by atoms with Crippen LogP contribution in [-0.2, 0) is 17.8 Å². The van der Waals surface area contributed by atoms with E-state index in [1.54, 1.807) is 24.2 Å². The zero-order valence-electron chi connectivity index (χ0n) is 12.8. The van der Waals surface area contributed by atoms with Crippen molar-refractivity contribution in [3.63, 3.8) is 0 Å². The lowest BCUT2D eigenvalue weighted by Gasteiger charge is -2.15. The molecule has 2 aromatic heterocycles. The third-order valence-electron chi connectivity index (χ3n) is 3.72. The fraction of sp³-hybridized carbons (Fsp3) is 0.312. The molecule has 0 saturated heterocycles. The van der Waals surface area contributed by atoms with Crippen molar-refractivity contribution >= 4 is 16.9 Å². The van der Waals surface area contributed by atoms with Crippen LogP contribution < -0.4 is 0 Å². The molecular formula is C16H18FN5O. The summed E-state index contributed by atoms with van der Waals surface area (Å²) < 4.78 is 13.2. The molecule has 120 valence electrons. The predicted octanol–water partition coefficient (Wildman–Crippen LogP) is 2.41. The lowest BCUT2D eigenvalue weighted by atomic mass is 10.1. The standard InChI is InChI=1S/C16H18FN5O/c1-22(16(23)4-2-3-11-8-18-19-9-11)10-15-20-13-6-5-12(17)7-14(13)21-15/h5-9H,2-4,10H2,1H3,(H,18,19)(H,20,21). The van der Waals surface area contributed by atoms with Crippen LogP contribution in [0, 0.1) is 5.82 Å². The first kappa shape index (κ1) is 15.2. The number of aromatic nitrogens is 4. The van der Waals surface area contributed by atoms with Gasteiger partial charge in [0.2, 0.25) is 5.91 Å². The molecule has 3 aromatic rings. The number of rotatable bonds is 6. The van der Waals surface area contributed by atoms with Gasteiger partial charge >= 0.3 is 0 Å². The number of benzene rings is 1. The second-order valence-electron chi connectivity index (χ2n) is 5.55. The highest BCUT2D eigenvalue weighted by molar-refractivity contribution is 5.77. The van der Waals surface area contributed by atoms with E-state index in [1.807, 2.05) is 6.20 Å². The second kappa shape index (κ2) is 6.60. The van der Waals surface area contributed by atoms with Gasteiger partial charge in [0.05, 0.1) is 23.8 Å². The van der Waals surface area contributed by atoms with E-state index in [1.165, 1.54) is 12.1 Å². The van der Waals surface area contributed by atoms with E-state index in [9.17, 15) is 9.18 Å². The van der Waals surface area contributed by atoms with E-state index in [0.717, 1.165) is 18.4 Å². The molecule has 6 nitrogen and oxygen atoms in total. The molecule has 2 heterocycles. The van der Waals surface area contributed by atoms with Crippen LogP contribution in [-0.4, -0.2) is 38.0 Å². The Kier molecular flexibility index (Phi) is 4.36. The number of aromatic amines is 2. The summed E-state index contributed by atoms with van der Waals surface area (Å²) >= 11 is 0. The summed E-state index contributed by atoms with van der Waals surface area (Å²) in [4.78, 5) is 21.2. The predicted molar refractivity (Wildman–Crippen MR) is 84.1 cm³/mol. The molecule has 0 unspecified atom stereocenters. The number of aryl methyl sites for hydroxylation is 1. The Labute approximate surface area is 132 Å². The van der Waals surface area contributed by atoms with Crippen molar-refractivity contribution in [3.8, 4) is 0 Å². The summed E-state index contributed by atoms with van der Waals surface area (Å²) in [5.41, 5.74) is 2.43. The first-order valence-electron chi connectivity index (χ1n) is 7.47. The van der Waals surface area contributed by atoms with E-state index >= 15 is 0 Å². The van der Waals surface area contributed by atoms with Crippen molar-refractivity contribution in [1.82, 2.24) is 25.1 Å². The lowest BCUT2D eigenvalue weighted by Crippen LogP contribution is -2.26. The molecule has 0 radical (unpaired) electrons. The third kappa shape index (κ3) is 3.74. The van der Waals surface area contributed by atoms with Gasteiger partial charge in [-0.05, 0) is 36.6 Å². The highest BCUT2D eigenvalue weighted by Crippen LogP contribution is 2.14. The van der Waals surface area contributed by atoms with E-state index < -0.39 is 0 Å². The van der Waals surface area contributed by atoms with Crippen LogP contribution in [0.15, 0.2) is 30.6 Å². The fourth-order valence-electron chi connectivity index (χ4n) is 2.47. The van der Waals surface area contributed by atoms with Gasteiger partial charge in [-0.1, -0.05) is 0 Å². The Balaban J connectivity index is 1.54. The van der Waals surface area contributed by atoms with Crippen LogP contribution in [0.5, 0.6) is 0 Å². The van der Waals surface area contributed by atoms with Crippen molar-refractivity contribution in [3.05, 3.63) is 47.8 Å². The Bertz CT molecular complexity index is 796. The van der Waals surface area contributed by atoms with Crippen LogP contribution in [0.3, 0.4) is 0 Å². The van der Waals surface area contributed by atoms with Gasteiger partial charge in [0, 0.05) is 19.7 Å². The maximum atomic E-state index is 13.2. The number of carbonyl (C=O) groups excluding carboxylic acids is 1. The molecule has 0 aliphatic carbocycles. The van der Waals surface area contributed by atoms with Gasteiger partial charge in [0.25, 0.3) is 0 Å². The third-order valence-corrected chi connectivity index (χ3v) is 3.72. The maximum absolute atomic E-state index is 13.2. The minimum absolute atomic E-state index is 0.0557. The zero-order valence-corrected chi connectivity index (χ0v) is 12.8. The number of imidazole rings is 1. The van der Waals surface area contributed by atoms with Crippen molar-refractivity contribution in [1.29, 1.82) is 0 Å². The number of hydrogen-bond donors (Lipinski definition) is 2. The van der Waals surface area contributed by atoms with Gasteiger partial charge in [-0.2, -0.15) is 5.10 Å². The largest absolute Gasteiger partial charge is 0.340 e. The highest BCUT2D eigenvalue weighted by Gasteiger charge is 2.12. The molecule has 7 heteroatoms. The fourth-order valence-corrected chi connectivity index (χ4v) is 2.47. The monoisotopic (exact) mass is 315 g/mol. The summed E-state index contributed by atoms with van der Waals surface area (Å²) in [6, 6.07) is 4.40. The summed E-state index contributed by atoms with van der Waals surface area (Å²) in [6.07, 6.45) is 5.66. The number of hydrogen-bond acceptors (Lipinski definition) is 3. The van der Waals surface area contributed by atoms with Crippen LogP contribution in [0.2, 0.25) is 0 Å². The summed E-state index contributed by atoms with van der Waals surface area (Å²) in [7, 11) is 1.74. The first-order chi connectivity index (χ1) is 11.1. The van der Waals surface area contributed by atoms with Gasteiger partial charge in [-0.25, -0.2) is 9.37 Å². The van der Waals surface area contributed by atoms with E-state index in [0.29, 0.717) is 29.8 Å². The van der Waals surface area contributed by atoms with Crippen LogP contribution >= 0.6 is 0 Å². The Hall–Kier alpha value is -2.70. The Morgan fingerprint density at radius 3 is 3.04 bits per heavy atom. The number of nitrogens with zero attached hydrogens (tertiary/aromatic N) is 3. The van der Waals surface area contributed by atoms with Crippen molar-refractivity contribution in [2.75, 3.05) is 7.05 Å². The Morgan fingerprint density at radius 2 is 2.26 bits per heavy atom. The van der Waals surface area contributed by atoms with Crippen molar-refractivity contribution < 1.29 is 9.18 Å². The van der Waals surface area contributed by atoms with Crippen molar-refractivity contribution in [2.45, 2.75) is 25.8 Å². The molecule has 1 amide bonds. The highest BCUT2D eigenvalue weighted by atomic mass is 19.1. The van der Waals surface area contributed by atoms with E-state index in [2.05, 4.69) is 20.2 Å². The zero-order chi connectivity index (χ0) is 16.2. The molecule has 2 N–H and O–H groups in total. The van der Waals surface area contributed by atoms with Gasteiger partial charge in [-0.3, -0.25) is 9.89 Å².